The van der Waals surface area contributed by atoms with E-state index < -0.39 is 0 Å². The standard InChI is InChI=1S/C87H108BN3/c1-52-40-58-62(81(12,13)37-34-78(58,6)7)47-70(52)89-72-49-63-60(79(8,9)35-38-82(63,14)15)45-67(72)88-68-46-61-64(83(16,17)39-36-80(61,10)11)50-73(68)90(71-48-65-59(41-53(71)2)84(18,19)51-85(65,20)21)75-44-57(43-74(89)76(75)88)91-69-31-28-55(54-26-29-56(30-27-54)77(3,4)5)42-66(69)86(22)32-24-25-33-87(86,91)23/h26-31,40-50H,24-25,32-39,51H2,1-23H3. The van der Waals surface area contributed by atoms with Crippen LogP contribution in [0.15, 0.2) is 103 Å². The smallest absolute Gasteiger partial charge is 0.252 e. The fraction of sp³-hybridized carbons (Fsp3) is 0.517. The summed E-state index contributed by atoms with van der Waals surface area (Å²) in [4.78, 5) is 8.66. The SMILES string of the molecule is Cc1cc2c(cc1N1c3cc4c(cc3B3c5cc6c(cc5N(c5cc7c(cc5C)C(C)(C)CC7(C)C)c5cc(N7c8ccc(-c9ccc(C(C)(C)C)cc9)cc8C8(C)CCCCC78C)cc1c53)C(C)(C)CCC6(C)C)C(C)(C)CCC4(C)C)C(C)(C)CCC2(C)C. The molecule has 4 heteroatoms. The second-order valence-corrected chi connectivity index (χ2v) is 37.7. The van der Waals surface area contributed by atoms with Crippen LogP contribution in [-0.2, 0) is 54.1 Å². The zero-order valence-corrected chi connectivity index (χ0v) is 60.5. The maximum absolute atomic E-state index is 2.92. The zero-order chi connectivity index (χ0) is 65.0. The molecule has 0 bridgehead atoms. The minimum absolute atomic E-state index is 0.00587. The largest absolute Gasteiger partial charge is 0.334 e. The van der Waals surface area contributed by atoms with Crippen LogP contribution in [0.3, 0.4) is 0 Å². The summed E-state index contributed by atoms with van der Waals surface area (Å²) in [5, 5.41) is 0. The number of rotatable bonds is 4. The van der Waals surface area contributed by atoms with Crippen LogP contribution in [0, 0.1) is 13.8 Å². The number of anilines is 8. The van der Waals surface area contributed by atoms with Gasteiger partial charge in [0.1, 0.15) is 0 Å². The molecule has 8 aliphatic rings. The normalized spacial score (nSPS) is 24.9. The van der Waals surface area contributed by atoms with E-state index in [-0.39, 0.29) is 66.4 Å². The molecule has 1 fully saturated rings. The zero-order valence-electron chi connectivity index (χ0n) is 60.5. The first kappa shape index (κ1) is 61.2. The molecule has 15 rings (SSSR count). The molecule has 7 aromatic rings. The van der Waals surface area contributed by atoms with Crippen LogP contribution in [-0.4, -0.2) is 12.3 Å². The molecule has 2 atom stereocenters. The Morgan fingerprint density at radius 3 is 1.15 bits per heavy atom. The van der Waals surface area contributed by atoms with E-state index in [4.69, 9.17) is 0 Å². The van der Waals surface area contributed by atoms with Crippen molar-refractivity contribution in [2.24, 2.45) is 0 Å². The maximum atomic E-state index is 2.92. The summed E-state index contributed by atoms with van der Waals surface area (Å²) in [5.41, 5.74) is 35.6. The molecule has 474 valence electrons. The predicted molar refractivity (Wildman–Crippen MR) is 393 cm³/mol. The van der Waals surface area contributed by atoms with Crippen molar-refractivity contribution in [3.05, 3.63) is 170 Å². The van der Waals surface area contributed by atoms with Crippen LogP contribution in [0.1, 0.15) is 283 Å². The highest BCUT2D eigenvalue weighted by Crippen LogP contribution is 2.64. The van der Waals surface area contributed by atoms with Gasteiger partial charge in [-0.05, 0) is 270 Å². The molecule has 0 spiro atoms. The molecule has 91 heavy (non-hydrogen) atoms. The van der Waals surface area contributed by atoms with Gasteiger partial charge in [-0.2, -0.15) is 0 Å². The van der Waals surface area contributed by atoms with Crippen molar-refractivity contribution in [1.29, 1.82) is 0 Å². The molecule has 0 aromatic heterocycles. The third-order valence-electron chi connectivity index (χ3n) is 26.8. The summed E-state index contributed by atoms with van der Waals surface area (Å²) < 4.78 is 0. The number of hydrogen-bond acceptors (Lipinski definition) is 3. The molecule has 3 heterocycles. The van der Waals surface area contributed by atoms with E-state index in [1.807, 2.05) is 0 Å². The van der Waals surface area contributed by atoms with E-state index in [1.165, 1.54) is 180 Å². The molecule has 3 nitrogen and oxygen atoms in total. The second-order valence-electron chi connectivity index (χ2n) is 37.7. The summed E-state index contributed by atoms with van der Waals surface area (Å²) >= 11 is 0. The van der Waals surface area contributed by atoms with Gasteiger partial charge in [-0.1, -0.05) is 206 Å². The first-order chi connectivity index (χ1) is 42.2. The van der Waals surface area contributed by atoms with Gasteiger partial charge in [0, 0.05) is 50.9 Å². The summed E-state index contributed by atoms with van der Waals surface area (Å²) in [7, 11) is 0. The first-order valence-electron chi connectivity index (χ1n) is 35.7. The summed E-state index contributed by atoms with van der Waals surface area (Å²) in [6, 6.07) is 44.4. The second kappa shape index (κ2) is 18.9. The first-order valence-corrected chi connectivity index (χ1v) is 35.7. The van der Waals surface area contributed by atoms with Gasteiger partial charge in [0.2, 0.25) is 0 Å². The molecular weight excluding hydrogens is 1100 g/mol. The topological polar surface area (TPSA) is 9.72 Å². The van der Waals surface area contributed by atoms with Crippen molar-refractivity contribution in [3.8, 4) is 11.1 Å². The lowest BCUT2D eigenvalue weighted by Crippen LogP contribution is -2.62. The molecule has 1 saturated carbocycles. The van der Waals surface area contributed by atoms with Crippen LogP contribution in [0.5, 0.6) is 0 Å². The molecule has 0 amide bonds. The van der Waals surface area contributed by atoms with E-state index >= 15 is 0 Å². The van der Waals surface area contributed by atoms with E-state index in [2.05, 4.69) is 277 Å². The molecule has 7 aromatic carbocycles. The average molecular weight is 1210 g/mol. The Labute approximate surface area is 550 Å². The van der Waals surface area contributed by atoms with Crippen LogP contribution < -0.4 is 31.1 Å². The van der Waals surface area contributed by atoms with Gasteiger partial charge in [0.15, 0.2) is 0 Å². The van der Waals surface area contributed by atoms with E-state index in [9.17, 15) is 0 Å². The Bertz CT molecular complexity index is 4280. The Morgan fingerprint density at radius 2 is 0.714 bits per heavy atom. The van der Waals surface area contributed by atoms with E-state index in [0.717, 1.165) is 19.3 Å². The van der Waals surface area contributed by atoms with Gasteiger partial charge < -0.3 is 14.7 Å². The highest BCUT2D eigenvalue weighted by atomic mass is 15.3. The molecular formula is C87H108BN3. The molecule has 0 saturated heterocycles. The fourth-order valence-corrected chi connectivity index (χ4v) is 20.5. The highest BCUT2D eigenvalue weighted by Gasteiger charge is 2.59. The highest BCUT2D eigenvalue weighted by molar-refractivity contribution is 7.00. The number of hydrogen-bond donors (Lipinski definition) is 0. The Morgan fingerprint density at radius 1 is 0.341 bits per heavy atom. The van der Waals surface area contributed by atoms with Gasteiger partial charge in [0.25, 0.3) is 6.71 Å². The van der Waals surface area contributed by atoms with Crippen molar-refractivity contribution >= 4 is 68.6 Å². The average Bonchev–Trinajstić information content (AvgIpc) is 1.65. The molecule has 5 aliphatic carbocycles. The summed E-state index contributed by atoms with van der Waals surface area (Å²) in [6.45, 7) is 57.6. The molecule has 0 N–H and O–H groups in total. The van der Waals surface area contributed by atoms with Crippen molar-refractivity contribution in [1.82, 2.24) is 0 Å². The Kier molecular flexibility index (Phi) is 12.7. The lowest BCUT2D eigenvalue weighted by atomic mass is 9.32. The number of fused-ring (bicyclic) bond motifs is 11. The van der Waals surface area contributed by atoms with Crippen molar-refractivity contribution in [3.63, 3.8) is 0 Å². The minimum atomic E-state index is -0.197. The van der Waals surface area contributed by atoms with Crippen LogP contribution in [0.4, 0.5) is 45.5 Å². The van der Waals surface area contributed by atoms with Crippen molar-refractivity contribution in [2.45, 2.75) is 290 Å². The van der Waals surface area contributed by atoms with Crippen molar-refractivity contribution < 1.29 is 0 Å². The Hall–Kier alpha value is -6.00. The summed E-state index contributed by atoms with van der Waals surface area (Å²) in [6.07, 6.45) is 12.9. The third kappa shape index (κ3) is 8.62. The van der Waals surface area contributed by atoms with Gasteiger partial charge >= 0.3 is 0 Å². The van der Waals surface area contributed by atoms with E-state index in [0.29, 0.717) is 0 Å². The molecule has 0 radical (unpaired) electrons. The monoisotopic (exact) mass is 1210 g/mol. The molecule has 3 aliphatic heterocycles. The minimum Gasteiger partial charge on any atom is -0.334 e. The molecule has 2 unspecified atom stereocenters. The maximum Gasteiger partial charge on any atom is 0.252 e. The predicted octanol–water partition coefficient (Wildman–Crippen LogP) is 22.1. The van der Waals surface area contributed by atoms with Gasteiger partial charge in [-0.3, -0.25) is 0 Å². The lowest BCUT2D eigenvalue weighted by Gasteiger charge is -2.52. The fourth-order valence-electron chi connectivity index (χ4n) is 20.5. The number of aryl methyl sites for hydroxylation is 2. The Balaban J connectivity index is 1.10. The van der Waals surface area contributed by atoms with E-state index in [1.54, 1.807) is 11.1 Å². The lowest BCUT2D eigenvalue weighted by molar-refractivity contribution is 0.195. The van der Waals surface area contributed by atoms with Gasteiger partial charge in [-0.25, -0.2) is 0 Å². The van der Waals surface area contributed by atoms with Crippen LogP contribution in [0.25, 0.3) is 11.1 Å². The quantitative estimate of drug-likeness (QED) is 0.163. The third-order valence-corrected chi connectivity index (χ3v) is 26.8. The van der Waals surface area contributed by atoms with Crippen LogP contribution in [0.2, 0.25) is 0 Å². The van der Waals surface area contributed by atoms with Gasteiger partial charge in [-0.15, -0.1) is 0 Å². The van der Waals surface area contributed by atoms with Crippen molar-refractivity contribution in [2.75, 3.05) is 14.7 Å². The number of nitrogens with zero attached hydrogens (tertiary/aromatic N) is 3. The van der Waals surface area contributed by atoms with Gasteiger partial charge in [0.05, 0.1) is 5.54 Å². The number of benzene rings is 7. The summed E-state index contributed by atoms with van der Waals surface area (Å²) in [5.74, 6) is 0. The van der Waals surface area contributed by atoms with Crippen LogP contribution >= 0.6 is 0 Å².